The molecule has 6 nitrogen and oxygen atoms in total. The van der Waals surface area contributed by atoms with Crippen LogP contribution in [0, 0.1) is 0 Å². The molecule has 0 aliphatic heterocycles. The summed E-state index contributed by atoms with van der Waals surface area (Å²) in [5.41, 5.74) is 0.569. The number of hydrogen-bond donors (Lipinski definition) is 0. The van der Waals surface area contributed by atoms with Crippen LogP contribution in [0.25, 0.3) is 12.2 Å². The van der Waals surface area contributed by atoms with Gasteiger partial charge in [0, 0.05) is 19.0 Å². The minimum absolute atomic E-state index is 0.132. The number of hydrogen-bond acceptors (Lipinski definition) is 6. The zero-order valence-electron chi connectivity index (χ0n) is 15.7. The standard InChI is InChI=1S/C19H22N2O4S2/c1-5-25-18(23)11-17-21(12-16(22)20(2)3)19(24)15(27-17)10-13-6-8-14(26-4)9-7-13/h6-11H,5,12H2,1-4H3. The van der Waals surface area contributed by atoms with Crippen LogP contribution in [0.5, 0.6) is 0 Å². The molecule has 0 unspecified atom stereocenters. The number of amides is 1. The highest BCUT2D eigenvalue weighted by atomic mass is 32.2. The van der Waals surface area contributed by atoms with Gasteiger partial charge in [0.1, 0.15) is 11.2 Å². The third-order valence-corrected chi connectivity index (χ3v) is 5.47. The summed E-state index contributed by atoms with van der Waals surface area (Å²) in [5, 5.41) is 0. The molecule has 2 aromatic rings. The number of carbonyl (C=O) groups excluding carboxylic acids is 2. The van der Waals surface area contributed by atoms with E-state index in [9.17, 15) is 14.4 Å². The lowest BCUT2D eigenvalue weighted by atomic mass is 10.2. The topological polar surface area (TPSA) is 68.6 Å². The van der Waals surface area contributed by atoms with Crippen molar-refractivity contribution in [3.63, 3.8) is 0 Å². The van der Waals surface area contributed by atoms with Crippen LogP contribution in [-0.4, -0.2) is 48.3 Å². The molecule has 0 N–H and O–H groups in total. The molecule has 1 heterocycles. The van der Waals surface area contributed by atoms with Crippen molar-refractivity contribution >= 4 is 47.1 Å². The second-order valence-corrected chi connectivity index (χ2v) is 7.74. The number of thiazole rings is 1. The Morgan fingerprint density at radius 1 is 1.26 bits per heavy atom. The molecule has 0 saturated heterocycles. The maximum Gasteiger partial charge on any atom is 0.333 e. The van der Waals surface area contributed by atoms with Crippen molar-refractivity contribution in [3.05, 3.63) is 49.4 Å². The van der Waals surface area contributed by atoms with Crippen LogP contribution in [0.4, 0.5) is 0 Å². The quantitative estimate of drug-likeness (QED) is 0.527. The summed E-state index contributed by atoms with van der Waals surface area (Å²) in [6.45, 7) is 1.81. The van der Waals surface area contributed by atoms with Gasteiger partial charge in [-0.1, -0.05) is 12.1 Å². The Kier molecular flexibility index (Phi) is 7.44. The highest BCUT2D eigenvalue weighted by Crippen LogP contribution is 2.14. The highest BCUT2D eigenvalue weighted by molar-refractivity contribution is 7.98. The van der Waals surface area contributed by atoms with Crippen LogP contribution in [0.15, 0.2) is 34.0 Å². The van der Waals surface area contributed by atoms with E-state index in [4.69, 9.17) is 4.74 Å². The van der Waals surface area contributed by atoms with Gasteiger partial charge in [0.15, 0.2) is 0 Å². The third kappa shape index (κ3) is 5.58. The SMILES string of the molecule is CCOC(=O)C=c1sc(=Cc2ccc(SC)cc2)c(=O)n1CC(=O)N(C)C. The zero-order valence-corrected chi connectivity index (χ0v) is 17.4. The molecule has 1 aromatic carbocycles. The first-order valence-electron chi connectivity index (χ1n) is 8.29. The van der Waals surface area contributed by atoms with E-state index < -0.39 is 5.97 Å². The number of carbonyl (C=O) groups is 2. The molecule has 8 heteroatoms. The van der Waals surface area contributed by atoms with Crippen molar-refractivity contribution < 1.29 is 14.3 Å². The molecule has 0 saturated carbocycles. The Bertz CT molecular complexity index is 988. The molecule has 0 radical (unpaired) electrons. The average molecular weight is 407 g/mol. The Balaban J connectivity index is 2.57. The molecule has 1 amide bonds. The lowest BCUT2D eigenvalue weighted by molar-refractivity contribution is -0.135. The molecule has 1 aromatic heterocycles. The van der Waals surface area contributed by atoms with Crippen molar-refractivity contribution in [2.24, 2.45) is 0 Å². The van der Waals surface area contributed by atoms with Gasteiger partial charge in [-0.15, -0.1) is 23.1 Å². The number of thioether (sulfide) groups is 1. The van der Waals surface area contributed by atoms with Crippen molar-refractivity contribution in [2.75, 3.05) is 27.0 Å². The molecule has 0 spiro atoms. The molecule has 144 valence electrons. The van der Waals surface area contributed by atoms with Crippen molar-refractivity contribution in [3.8, 4) is 0 Å². The van der Waals surface area contributed by atoms with Crippen molar-refractivity contribution in [2.45, 2.75) is 18.4 Å². The third-order valence-electron chi connectivity index (χ3n) is 3.67. The summed E-state index contributed by atoms with van der Waals surface area (Å²) in [7, 11) is 3.24. The summed E-state index contributed by atoms with van der Waals surface area (Å²) in [4.78, 5) is 39.3. The Hall–Kier alpha value is -2.32. The Morgan fingerprint density at radius 2 is 1.93 bits per heavy atom. The van der Waals surface area contributed by atoms with Gasteiger partial charge in [-0.3, -0.25) is 14.2 Å². The first-order valence-corrected chi connectivity index (χ1v) is 10.3. The molecular formula is C19H22N2O4S2. The van der Waals surface area contributed by atoms with Gasteiger partial charge in [0.2, 0.25) is 5.91 Å². The molecule has 0 aliphatic rings. The monoisotopic (exact) mass is 406 g/mol. The fourth-order valence-electron chi connectivity index (χ4n) is 2.21. The molecule has 0 bridgehead atoms. The van der Waals surface area contributed by atoms with Crippen molar-refractivity contribution in [1.82, 2.24) is 9.47 Å². The van der Waals surface area contributed by atoms with Gasteiger partial charge in [0.05, 0.1) is 17.2 Å². The number of likely N-dealkylation sites (N-methyl/N-ethyl adjacent to an activating group) is 1. The smallest absolute Gasteiger partial charge is 0.333 e. The normalized spacial score (nSPS) is 12.3. The van der Waals surface area contributed by atoms with Crippen LogP contribution in [0.3, 0.4) is 0 Å². The molecular weight excluding hydrogens is 384 g/mol. The van der Waals surface area contributed by atoms with Crippen LogP contribution >= 0.6 is 23.1 Å². The van der Waals surface area contributed by atoms with E-state index in [1.165, 1.54) is 15.5 Å². The van der Waals surface area contributed by atoms with Crippen LogP contribution in [0.2, 0.25) is 0 Å². The summed E-state index contributed by atoms with van der Waals surface area (Å²) in [5.74, 6) is -0.773. The fourth-order valence-corrected chi connectivity index (χ4v) is 3.64. The molecule has 0 fully saturated rings. The van der Waals surface area contributed by atoms with E-state index in [2.05, 4.69) is 0 Å². The van der Waals surface area contributed by atoms with E-state index >= 15 is 0 Å². The van der Waals surface area contributed by atoms with Crippen LogP contribution < -0.4 is 14.8 Å². The summed E-state index contributed by atoms with van der Waals surface area (Å²) in [6.07, 6.45) is 5.01. The number of esters is 1. The maximum absolute atomic E-state index is 12.8. The van der Waals surface area contributed by atoms with Crippen LogP contribution in [0.1, 0.15) is 12.5 Å². The molecule has 0 aliphatic carbocycles. The predicted octanol–water partition coefficient (Wildman–Crippen LogP) is 0.892. The molecule has 2 rings (SSSR count). The summed E-state index contributed by atoms with van der Waals surface area (Å²) < 4.78 is 7.09. The predicted molar refractivity (Wildman–Crippen MR) is 109 cm³/mol. The fraction of sp³-hybridized carbons (Fsp3) is 0.316. The Morgan fingerprint density at radius 3 is 2.48 bits per heavy atom. The zero-order chi connectivity index (χ0) is 20.0. The van der Waals surface area contributed by atoms with Gasteiger partial charge in [-0.25, -0.2) is 4.79 Å². The first kappa shape index (κ1) is 21.0. The number of ether oxygens (including phenoxy) is 1. The van der Waals surface area contributed by atoms with Gasteiger partial charge in [0.25, 0.3) is 5.56 Å². The Labute approximate surface area is 165 Å². The minimum atomic E-state index is -0.541. The molecule has 0 atom stereocenters. The van der Waals surface area contributed by atoms with Crippen LogP contribution in [-0.2, 0) is 20.9 Å². The van der Waals surface area contributed by atoms with E-state index in [0.29, 0.717) is 9.20 Å². The molecule has 27 heavy (non-hydrogen) atoms. The van der Waals surface area contributed by atoms with E-state index in [0.717, 1.165) is 21.8 Å². The van der Waals surface area contributed by atoms with Gasteiger partial charge >= 0.3 is 5.97 Å². The lowest BCUT2D eigenvalue weighted by Crippen LogP contribution is -2.38. The number of nitrogens with zero attached hydrogens (tertiary/aromatic N) is 2. The van der Waals surface area contributed by atoms with Gasteiger partial charge in [-0.2, -0.15) is 0 Å². The number of benzene rings is 1. The van der Waals surface area contributed by atoms with Gasteiger partial charge in [-0.05, 0) is 37.0 Å². The minimum Gasteiger partial charge on any atom is -0.463 e. The maximum atomic E-state index is 12.8. The second-order valence-electron chi connectivity index (χ2n) is 5.80. The van der Waals surface area contributed by atoms with E-state index in [1.807, 2.05) is 30.5 Å². The van der Waals surface area contributed by atoms with Crippen molar-refractivity contribution in [1.29, 1.82) is 0 Å². The summed E-state index contributed by atoms with van der Waals surface area (Å²) >= 11 is 2.80. The highest BCUT2D eigenvalue weighted by Gasteiger charge is 2.12. The second kappa shape index (κ2) is 9.57. The summed E-state index contributed by atoms with van der Waals surface area (Å²) in [6, 6.07) is 7.80. The van der Waals surface area contributed by atoms with E-state index in [-0.39, 0.29) is 24.6 Å². The lowest BCUT2D eigenvalue weighted by Gasteiger charge is -2.10. The average Bonchev–Trinajstić information content (AvgIpc) is 2.91. The van der Waals surface area contributed by atoms with E-state index in [1.54, 1.807) is 38.9 Å². The first-order chi connectivity index (χ1) is 12.8. The number of rotatable bonds is 6. The number of aromatic nitrogens is 1. The van der Waals surface area contributed by atoms with Gasteiger partial charge < -0.3 is 9.64 Å². The largest absolute Gasteiger partial charge is 0.463 e.